The lowest BCUT2D eigenvalue weighted by Gasteiger charge is -2.01. The molecule has 0 amide bonds. The second-order valence-electron chi connectivity index (χ2n) is 3.20. The largest absolute Gasteiger partial charge is 0.255 e. The maximum absolute atomic E-state index is 11.2. The van der Waals surface area contributed by atoms with Gasteiger partial charge in [0, 0.05) is 18.0 Å². The molecule has 1 aromatic heterocycles. The molecular formula is C12H11NOS. The van der Waals surface area contributed by atoms with Crippen molar-refractivity contribution in [2.24, 2.45) is 0 Å². The van der Waals surface area contributed by atoms with Crippen molar-refractivity contribution in [2.75, 3.05) is 6.26 Å². The van der Waals surface area contributed by atoms with E-state index in [1.807, 2.05) is 42.5 Å². The Morgan fingerprint density at radius 3 is 2.33 bits per heavy atom. The van der Waals surface area contributed by atoms with Gasteiger partial charge in [-0.05, 0) is 12.1 Å². The summed E-state index contributed by atoms with van der Waals surface area (Å²) in [7, 11) is -0.956. The summed E-state index contributed by atoms with van der Waals surface area (Å²) in [6.45, 7) is 0. The standard InChI is InChI=1S/C12H11NOS/c1-15(14)11-7-8-12(13-9-11)10-5-3-2-4-6-10/h2-9H,1H3. The first-order valence-corrected chi connectivity index (χ1v) is 6.18. The van der Waals surface area contributed by atoms with Crippen LogP contribution in [0.3, 0.4) is 0 Å². The van der Waals surface area contributed by atoms with Crippen molar-refractivity contribution < 1.29 is 4.21 Å². The maximum atomic E-state index is 11.2. The third-order valence-electron chi connectivity index (χ3n) is 2.14. The van der Waals surface area contributed by atoms with Gasteiger partial charge in [0.1, 0.15) is 0 Å². The van der Waals surface area contributed by atoms with Gasteiger partial charge in [0.05, 0.1) is 21.4 Å². The predicted octanol–water partition coefficient (Wildman–Crippen LogP) is 2.49. The minimum Gasteiger partial charge on any atom is -0.255 e. The van der Waals surface area contributed by atoms with Gasteiger partial charge in [-0.25, -0.2) is 0 Å². The summed E-state index contributed by atoms with van der Waals surface area (Å²) in [4.78, 5) is 5.04. The molecule has 0 aliphatic carbocycles. The first-order valence-electron chi connectivity index (χ1n) is 4.62. The molecule has 0 spiro atoms. The molecule has 0 saturated carbocycles. The molecule has 0 N–H and O–H groups in total. The van der Waals surface area contributed by atoms with E-state index in [4.69, 9.17) is 0 Å². The lowest BCUT2D eigenvalue weighted by molar-refractivity contribution is 0.686. The topological polar surface area (TPSA) is 30.0 Å². The second-order valence-corrected chi connectivity index (χ2v) is 4.58. The average Bonchev–Trinajstić information content (AvgIpc) is 2.30. The molecule has 0 aliphatic heterocycles. The van der Waals surface area contributed by atoms with Crippen LogP contribution in [0.5, 0.6) is 0 Å². The Bertz CT molecular complexity index is 465. The minimum absolute atomic E-state index is 0.759. The zero-order chi connectivity index (χ0) is 10.7. The van der Waals surface area contributed by atoms with Crippen LogP contribution in [0.25, 0.3) is 11.3 Å². The third-order valence-corrected chi connectivity index (χ3v) is 3.04. The average molecular weight is 217 g/mol. The van der Waals surface area contributed by atoms with Crippen LogP contribution in [0.1, 0.15) is 0 Å². The lowest BCUT2D eigenvalue weighted by Crippen LogP contribution is -1.89. The molecule has 1 aromatic carbocycles. The zero-order valence-corrected chi connectivity index (χ0v) is 9.20. The van der Waals surface area contributed by atoms with Gasteiger partial charge in [-0.2, -0.15) is 0 Å². The summed E-state index contributed by atoms with van der Waals surface area (Å²) in [5.41, 5.74) is 1.98. The van der Waals surface area contributed by atoms with E-state index in [0.29, 0.717) is 0 Å². The molecule has 1 atom stereocenters. The molecule has 2 nitrogen and oxygen atoms in total. The molecule has 0 fully saturated rings. The van der Waals surface area contributed by atoms with Crippen LogP contribution < -0.4 is 0 Å². The van der Waals surface area contributed by atoms with Gasteiger partial charge in [-0.15, -0.1) is 0 Å². The van der Waals surface area contributed by atoms with Crippen LogP contribution in [-0.2, 0) is 10.8 Å². The van der Waals surface area contributed by atoms with E-state index in [1.165, 1.54) is 0 Å². The molecule has 1 unspecified atom stereocenters. The Balaban J connectivity index is 2.36. The molecule has 3 heteroatoms. The Kier molecular flexibility index (Phi) is 2.92. The molecule has 0 radical (unpaired) electrons. The minimum atomic E-state index is -0.956. The molecule has 0 saturated heterocycles. The quantitative estimate of drug-likeness (QED) is 0.773. The van der Waals surface area contributed by atoms with E-state index in [-0.39, 0.29) is 0 Å². The Morgan fingerprint density at radius 2 is 1.80 bits per heavy atom. The summed E-state index contributed by atoms with van der Waals surface area (Å²) < 4.78 is 11.2. The van der Waals surface area contributed by atoms with Crippen LogP contribution in [0, 0.1) is 0 Å². The van der Waals surface area contributed by atoms with Crippen LogP contribution >= 0.6 is 0 Å². The van der Waals surface area contributed by atoms with E-state index in [9.17, 15) is 4.21 Å². The number of hydrogen-bond acceptors (Lipinski definition) is 2. The van der Waals surface area contributed by atoms with E-state index < -0.39 is 10.8 Å². The van der Waals surface area contributed by atoms with Crippen molar-refractivity contribution in [3.8, 4) is 11.3 Å². The van der Waals surface area contributed by atoms with Crippen molar-refractivity contribution in [1.82, 2.24) is 4.98 Å². The SMILES string of the molecule is CS(=O)c1ccc(-c2ccccc2)nc1. The monoisotopic (exact) mass is 217 g/mol. The maximum Gasteiger partial charge on any atom is 0.0702 e. The van der Waals surface area contributed by atoms with E-state index >= 15 is 0 Å². The summed E-state index contributed by atoms with van der Waals surface area (Å²) in [6.07, 6.45) is 3.32. The zero-order valence-electron chi connectivity index (χ0n) is 8.38. The number of rotatable bonds is 2. The summed E-state index contributed by atoms with van der Waals surface area (Å²) in [5, 5.41) is 0. The highest BCUT2D eigenvalue weighted by Gasteiger charge is 2.00. The Labute approximate surface area is 91.4 Å². The summed E-state index contributed by atoms with van der Waals surface area (Å²) in [5.74, 6) is 0. The number of nitrogens with zero attached hydrogens (tertiary/aromatic N) is 1. The van der Waals surface area contributed by atoms with Crippen LogP contribution in [0.4, 0.5) is 0 Å². The van der Waals surface area contributed by atoms with Gasteiger partial charge in [-0.1, -0.05) is 30.3 Å². The number of benzene rings is 1. The number of pyridine rings is 1. The van der Waals surface area contributed by atoms with Gasteiger partial charge < -0.3 is 0 Å². The molecule has 76 valence electrons. The van der Waals surface area contributed by atoms with E-state index in [1.54, 1.807) is 12.5 Å². The fraction of sp³-hybridized carbons (Fsp3) is 0.0833. The highest BCUT2D eigenvalue weighted by molar-refractivity contribution is 7.84. The number of aromatic nitrogens is 1. The molecule has 2 aromatic rings. The van der Waals surface area contributed by atoms with Crippen LogP contribution in [0.2, 0.25) is 0 Å². The molecule has 1 heterocycles. The predicted molar refractivity (Wildman–Crippen MR) is 62.0 cm³/mol. The highest BCUT2D eigenvalue weighted by atomic mass is 32.2. The van der Waals surface area contributed by atoms with Gasteiger partial charge in [-0.3, -0.25) is 9.19 Å². The molecule has 2 rings (SSSR count). The van der Waals surface area contributed by atoms with Gasteiger partial charge >= 0.3 is 0 Å². The highest BCUT2D eigenvalue weighted by Crippen LogP contribution is 2.16. The third kappa shape index (κ3) is 2.30. The lowest BCUT2D eigenvalue weighted by atomic mass is 10.1. The summed E-state index contributed by atoms with van der Waals surface area (Å²) in [6, 6.07) is 13.7. The normalized spacial score (nSPS) is 12.3. The Hall–Kier alpha value is -1.48. The summed E-state index contributed by atoms with van der Waals surface area (Å²) >= 11 is 0. The van der Waals surface area contributed by atoms with E-state index in [2.05, 4.69) is 4.98 Å². The van der Waals surface area contributed by atoms with E-state index in [0.717, 1.165) is 16.2 Å². The van der Waals surface area contributed by atoms with Crippen LogP contribution in [-0.4, -0.2) is 15.4 Å². The van der Waals surface area contributed by atoms with Gasteiger partial charge in [0.15, 0.2) is 0 Å². The van der Waals surface area contributed by atoms with Gasteiger partial charge in [0.2, 0.25) is 0 Å². The number of hydrogen-bond donors (Lipinski definition) is 0. The van der Waals surface area contributed by atoms with Crippen molar-refractivity contribution in [1.29, 1.82) is 0 Å². The van der Waals surface area contributed by atoms with Crippen molar-refractivity contribution in [3.63, 3.8) is 0 Å². The second kappa shape index (κ2) is 4.36. The molecule has 0 aliphatic rings. The van der Waals surface area contributed by atoms with Crippen molar-refractivity contribution >= 4 is 10.8 Å². The molecule has 15 heavy (non-hydrogen) atoms. The Morgan fingerprint density at radius 1 is 1.07 bits per heavy atom. The fourth-order valence-electron chi connectivity index (χ4n) is 1.33. The fourth-order valence-corrected chi connectivity index (χ4v) is 1.79. The molecular weight excluding hydrogens is 206 g/mol. The van der Waals surface area contributed by atoms with Crippen molar-refractivity contribution in [3.05, 3.63) is 48.7 Å². The van der Waals surface area contributed by atoms with Gasteiger partial charge in [0.25, 0.3) is 0 Å². The molecule has 0 bridgehead atoms. The van der Waals surface area contributed by atoms with Crippen molar-refractivity contribution in [2.45, 2.75) is 4.90 Å². The first kappa shape index (κ1) is 10.1. The van der Waals surface area contributed by atoms with Crippen LogP contribution in [0.15, 0.2) is 53.6 Å². The smallest absolute Gasteiger partial charge is 0.0702 e. The first-order chi connectivity index (χ1) is 7.27.